The van der Waals surface area contributed by atoms with Crippen LogP contribution in [-0.2, 0) is 0 Å². The molecule has 2 rings (SSSR count). The molecule has 1 aromatic carbocycles. The van der Waals surface area contributed by atoms with Gasteiger partial charge in [0.15, 0.2) is 0 Å². The molecule has 1 saturated carbocycles. The van der Waals surface area contributed by atoms with Crippen molar-refractivity contribution >= 4 is 0 Å². The Morgan fingerprint density at radius 1 is 1.27 bits per heavy atom. The molecule has 1 aliphatic carbocycles. The SMILES string of the molecule is CCCNC(c1ccccc1)C1(C)CC1. The molecule has 0 saturated heterocycles. The van der Waals surface area contributed by atoms with Gasteiger partial charge in [-0.15, -0.1) is 0 Å². The molecule has 0 bridgehead atoms. The highest BCUT2D eigenvalue weighted by Crippen LogP contribution is 2.54. The van der Waals surface area contributed by atoms with Gasteiger partial charge in [-0.05, 0) is 36.8 Å². The Balaban J connectivity index is 2.12. The third kappa shape index (κ3) is 2.40. The molecule has 0 radical (unpaired) electrons. The van der Waals surface area contributed by atoms with Gasteiger partial charge in [0.2, 0.25) is 0 Å². The molecular formula is C14H21N. The van der Waals surface area contributed by atoms with Crippen molar-refractivity contribution in [1.29, 1.82) is 0 Å². The Morgan fingerprint density at radius 3 is 2.47 bits per heavy atom. The molecule has 82 valence electrons. The van der Waals surface area contributed by atoms with Crippen LogP contribution in [0.5, 0.6) is 0 Å². The maximum atomic E-state index is 3.69. The fourth-order valence-corrected chi connectivity index (χ4v) is 2.19. The van der Waals surface area contributed by atoms with Gasteiger partial charge in [-0.2, -0.15) is 0 Å². The minimum absolute atomic E-state index is 0.510. The first-order valence-electron chi connectivity index (χ1n) is 6.04. The second kappa shape index (κ2) is 4.36. The van der Waals surface area contributed by atoms with E-state index in [9.17, 15) is 0 Å². The lowest BCUT2D eigenvalue weighted by Crippen LogP contribution is -2.28. The third-order valence-electron chi connectivity index (χ3n) is 3.47. The van der Waals surface area contributed by atoms with E-state index in [0.717, 1.165) is 6.54 Å². The van der Waals surface area contributed by atoms with E-state index in [1.807, 2.05) is 0 Å². The van der Waals surface area contributed by atoms with E-state index in [0.29, 0.717) is 11.5 Å². The van der Waals surface area contributed by atoms with Gasteiger partial charge in [0.1, 0.15) is 0 Å². The summed E-state index contributed by atoms with van der Waals surface area (Å²) in [4.78, 5) is 0. The Bertz CT molecular complexity index is 300. The highest BCUT2D eigenvalue weighted by atomic mass is 14.9. The second-order valence-corrected chi connectivity index (χ2v) is 4.95. The maximum Gasteiger partial charge on any atom is 0.0374 e. The monoisotopic (exact) mass is 203 g/mol. The zero-order valence-electron chi connectivity index (χ0n) is 9.79. The molecule has 1 fully saturated rings. The number of hydrogen-bond donors (Lipinski definition) is 1. The Morgan fingerprint density at radius 2 is 1.93 bits per heavy atom. The number of rotatable bonds is 5. The summed E-state index contributed by atoms with van der Waals surface area (Å²) >= 11 is 0. The summed E-state index contributed by atoms with van der Waals surface area (Å²) < 4.78 is 0. The Hall–Kier alpha value is -0.820. The maximum absolute atomic E-state index is 3.69. The smallest absolute Gasteiger partial charge is 0.0374 e. The summed E-state index contributed by atoms with van der Waals surface area (Å²) in [5, 5.41) is 3.69. The molecule has 1 atom stereocenters. The average molecular weight is 203 g/mol. The van der Waals surface area contributed by atoms with Crippen molar-refractivity contribution in [2.24, 2.45) is 5.41 Å². The van der Waals surface area contributed by atoms with Crippen LogP contribution in [0.1, 0.15) is 44.7 Å². The van der Waals surface area contributed by atoms with Crippen molar-refractivity contribution < 1.29 is 0 Å². The first-order chi connectivity index (χ1) is 7.26. The minimum Gasteiger partial charge on any atom is -0.309 e. The van der Waals surface area contributed by atoms with Gasteiger partial charge in [0.05, 0.1) is 0 Å². The Labute approximate surface area is 92.9 Å². The zero-order valence-corrected chi connectivity index (χ0v) is 9.79. The average Bonchev–Trinajstić information content (AvgIpc) is 2.99. The lowest BCUT2D eigenvalue weighted by molar-refractivity contribution is 0.367. The van der Waals surface area contributed by atoms with Crippen molar-refractivity contribution in [3.05, 3.63) is 35.9 Å². The van der Waals surface area contributed by atoms with Crippen LogP contribution in [0.15, 0.2) is 30.3 Å². The van der Waals surface area contributed by atoms with Gasteiger partial charge in [0, 0.05) is 6.04 Å². The van der Waals surface area contributed by atoms with Crippen LogP contribution in [0.25, 0.3) is 0 Å². The van der Waals surface area contributed by atoms with Crippen molar-refractivity contribution in [3.63, 3.8) is 0 Å². The molecule has 1 aliphatic rings. The van der Waals surface area contributed by atoms with Crippen LogP contribution < -0.4 is 5.32 Å². The van der Waals surface area contributed by atoms with Crippen LogP contribution in [0.2, 0.25) is 0 Å². The molecule has 1 nitrogen and oxygen atoms in total. The molecule has 0 heterocycles. The largest absolute Gasteiger partial charge is 0.309 e. The lowest BCUT2D eigenvalue weighted by Gasteiger charge is -2.25. The standard InChI is InChI=1S/C14H21N/c1-3-11-15-13(14(2)9-10-14)12-7-5-4-6-8-12/h4-8,13,15H,3,9-11H2,1-2H3. The van der Waals surface area contributed by atoms with Crippen molar-refractivity contribution in [2.75, 3.05) is 6.54 Å². The van der Waals surface area contributed by atoms with Gasteiger partial charge < -0.3 is 5.32 Å². The van der Waals surface area contributed by atoms with E-state index >= 15 is 0 Å². The summed E-state index contributed by atoms with van der Waals surface area (Å²) in [5.41, 5.74) is 1.96. The van der Waals surface area contributed by atoms with E-state index in [4.69, 9.17) is 0 Å². The minimum atomic E-state index is 0.510. The summed E-state index contributed by atoms with van der Waals surface area (Å²) in [7, 11) is 0. The molecule has 15 heavy (non-hydrogen) atoms. The summed E-state index contributed by atoms with van der Waals surface area (Å²) in [5.74, 6) is 0. The number of hydrogen-bond acceptors (Lipinski definition) is 1. The molecule has 0 aliphatic heterocycles. The van der Waals surface area contributed by atoms with Crippen LogP contribution in [0, 0.1) is 5.41 Å². The molecule has 0 aromatic heterocycles. The van der Waals surface area contributed by atoms with E-state index in [1.54, 1.807) is 0 Å². The van der Waals surface area contributed by atoms with E-state index in [-0.39, 0.29) is 0 Å². The van der Waals surface area contributed by atoms with Crippen LogP contribution in [-0.4, -0.2) is 6.54 Å². The van der Waals surface area contributed by atoms with E-state index < -0.39 is 0 Å². The third-order valence-corrected chi connectivity index (χ3v) is 3.47. The first kappa shape index (κ1) is 10.7. The molecule has 1 unspecified atom stereocenters. The van der Waals surface area contributed by atoms with Crippen molar-refractivity contribution in [3.8, 4) is 0 Å². The first-order valence-corrected chi connectivity index (χ1v) is 6.04. The van der Waals surface area contributed by atoms with Gasteiger partial charge in [-0.25, -0.2) is 0 Å². The van der Waals surface area contributed by atoms with Gasteiger partial charge in [-0.1, -0.05) is 44.2 Å². The summed E-state index contributed by atoms with van der Waals surface area (Å²) in [6.07, 6.45) is 3.94. The van der Waals surface area contributed by atoms with Crippen molar-refractivity contribution in [1.82, 2.24) is 5.32 Å². The summed E-state index contributed by atoms with van der Waals surface area (Å²) in [6, 6.07) is 11.4. The normalized spacial score (nSPS) is 19.9. The van der Waals surface area contributed by atoms with Gasteiger partial charge in [0.25, 0.3) is 0 Å². The number of benzene rings is 1. The van der Waals surface area contributed by atoms with Gasteiger partial charge >= 0.3 is 0 Å². The fraction of sp³-hybridized carbons (Fsp3) is 0.571. The summed E-state index contributed by atoms with van der Waals surface area (Å²) in [6.45, 7) is 5.74. The molecule has 0 spiro atoms. The van der Waals surface area contributed by atoms with Crippen molar-refractivity contribution in [2.45, 2.75) is 39.2 Å². The van der Waals surface area contributed by atoms with Crippen LogP contribution in [0.3, 0.4) is 0 Å². The molecule has 1 N–H and O–H groups in total. The van der Waals surface area contributed by atoms with E-state index in [2.05, 4.69) is 49.5 Å². The van der Waals surface area contributed by atoms with Gasteiger partial charge in [-0.3, -0.25) is 0 Å². The van der Waals surface area contributed by atoms with Crippen LogP contribution >= 0.6 is 0 Å². The molecule has 1 heteroatoms. The fourth-order valence-electron chi connectivity index (χ4n) is 2.19. The van der Waals surface area contributed by atoms with E-state index in [1.165, 1.54) is 24.8 Å². The molecular weight excluding hydrogens is 182 g/mol. The second-order valence-electron chi connectivity index (χ2n) is 4.95. The number of nitrogens with one attached hydrogen (secondary N) is 1. The predicted octanol–water partition coefficient (Wildman–Crippen LogP) is 3.53. The van der Waals surface area contributed by atoms with Crippen LogP contribution in [0.4, 0.5) is 0 Å². The highest BCUT2D eigenvalue weighted by Gasteiger charge is 2.44. The molecule has 1 aromatic rings. The topological polar surface area (TPSA) is 12.0 Å². The highest BCUT2D eigenvalue weighted by molar-refractivity contribution is 5.23. The Kier molecular flexibility index (Phi) is 3.11. The predicted molar refractivity (Wildman–Crippen MR) is 64.8 cm³/mol. The zero-order chi connectivity index (χ0) is 10.7. The lowest BCUT2D eigenvalue weighted by atomic mass is 9.92. The molecule has 0 amide bonds. The quantitative estimate of drug-likeness (QED) is 0.772.